The molecule has 0 saturated carbocycles. The van der Waals surface area contributed by atoms with Crippen molar-refractivity contribution in [3.05, 3.63) is 42.4 Å². The molecule has 28 heavy (non-hydrogen) atoms. The zero-order valence-corrected chi connectivity index (χ0v) is 16.3. The minimum Gasteiger partial charge on any atom is -0.360 e. The highest BCUT2D eigenvalue weighted by Gasteiger charge is 2.28. The Bertz CT molecular complexity index is 935. The van der Waals surface area contributed by atoms with Gasteiger partial charge in [-0.1, -0.05) is 0 Å². The third-order valence-corrected chi connectivity index (χ3v) is 5.09. The van der Waals surface area contributed by atoms with Crippen LogP contribution in [0, 0.1) is 5.82 Å². The predicted octanol–water partition coefficient (Wildman–Crippen LogP) is 1.44. The van der Waals surface area contributed by atoms with Crippen LogP contribution in [0.25, 0.3) is 0 Å². The SMILES string of the molecule is CN(C)c1nc(N2CCC[C@@H](c3nnc(Cn4ccnc4)n3C)C2)ncc1F. The maximum absolute atomic E-state index is 13.9. The van der Waals surface area contributed by atoms with Crippen LogP contribution in [-0.4, -0.2) is 61.5 Å². The first-order valence-corrected chi connectivity index (χ1v) is 9.31. The van der Waals surface area contributed by atoms with Crippen LogP contribution in [0.4, 0.5) is 16.2 Å². The Morgan fingerprint density at radius 3 is 2.89 bits per heavy atom. The molecule has 1 aliphatic rings. The van der Waals surface area contributed by atoms with Crippen LogP contribution < -0.4 is 9.80 Å². The van der Waals surface area contributed by atoms with Crippen LogP contribution in [0.1, 0.15) is 30.4 Å². The molecule has 1 atom stereocenters. The van der Waals surface area contributed by atoms with E-state index in [0.29, 0.717) is 18.3 Å². The summed E-state index contributed by atoms with van der Waals surface area (Å²) in [4.78, 5) is 16.5. The van der Waals surface area contributed by atoms with E-state index in [-0.39, 0.29) is 5.92 Å². The van der Waals surface area contributed by atoms with E-state index in [9.17, 15) is 4.39 Å². The second-order valence-electron chi connectivity index (χ2n) is 7.29. The quantitative estimate of drug-likeness (QED) is 0.657. The molecule has 1 aliphatic heterocycles. The van der Waals surface area contributed by atoms with E-state index < -0.39 is 5.82 Å². The lowest BCUT2D eigenvalue weighted by Crippen LogP contribution is -2.36. The van der Waals surface area contributed by atoms with Gasteiger partial charge >= 0.3 is 0 Å². The molecule has 0 spiro atoms. The number of hydrogen-bond donors (Lipinski definition) is 0. The smallest absolute Gasteiger partial charge is 0.227 e. The molecule has 0 aliphatic carbocycles. The molecule has 4 heterocycles. The van der Waals surface area contributed by atoms with Gasteiger partial charge in [-0.15, -0.1) is 10.2 Å². The minimum atomic E-state index is -0.417. The molecular weight excluding hydrogens is 361 g/mol. The van der Waals surface area contributed by atoms with Crippen LogP contribution in [0.15, 0.2) is 24.9 Å². The van der Waals surface area contributed by atoms with E-state index in [1.807, 2.05) is 17.8 Å². The average Bonchev–Trinajstić information content (AvgIpc) is 3.33. The minimum absolute atomic E-state index is 0.222. The molecule has 9 nitrogen and oxygen atoms in total. The van der Waals surface area contributed by atoms with Gasteiger partial charge in [0.15, 0.2) is 17.5 Å². The lowest BCUT2D eigenvalue weighted by molar-refractivity contribution is 0.472. The summed E-state index contributed by atoms with van der Waals surface area (Å²) in [6.07, 6.45) is 8.69. The normalized spacial score (nSPS) is 17.1. The number of halogens is 1. The first-order valence-electron chi connectivity index (χ1n) is 9.31. The van der Waals surface area contributed by atoms with E-state index in [1.54, 1.807) is 31.5 Å². The maximum atomic E-state index is 13.9. The van der Waals surface area contributed by atoms with Gasteiger partial charge in [-0.05, 0) is 12.8 Å². The first kappa shape index (κ1) is 18.3. The lowest BCUT2D eigenvalue weighted by atomic mass is 9.97. The fourth-order valence-electron chi connectivity index (χ4n) is 3.60. The van der Waals surface area contributed by atoms with Gasteiger partial charge in [-0.2, -0.15) is 4.98 Å². The molecule has 1 saturated heterocycles. The van der Waals surface area contributed by atoms with Crippen molar-refractivity contribution in [2.75, 3.05) is 37.0 Å². The highest BCUT2D eigenvalue weighted by Crippen LogP contribution is 2.28. The topological polar surface area (TPSA) is 80.8 Å². The zero-order valence-electron chi connectivity index (χ0n) is 16.3. The molecular formula is C18H24FN9. The van der Waals surface area contributed by atoms with Gasteiger partial charge < -0.3 is 18.9 Å². The molecule has 0 unspecified atom stereocenters. The number of nitrogens with zero attached hydrogens (tertiary/aromatic N) is 9. The van der Waals surface area contributed by atoms with E-state index in [4.69, 9.17) is 0 Å². The number of rotatable bonds is 5. The Kier molecular flexibility index (Phi) is 4.93. The Morgan fingerprint density at radius 1 is 1.29 bits per heavy atom. The molecule has 3 aromatic rings. The summed E-state index contributed by atoms with van der Waals surface area (Å²) in [6, 6.07) is 0. The van der Waals surface area contributed by atoms with Crippen molar-refractivity contribution in [3.8, 4) is 0 Å². The van der Waals surface area contributed by atoms with Gasteiger partial charge in [0.2, 0.25) is 5.95 Å². The number of piperidine rings is 1. The standard InChI is InChI=1S/C18H24FN9/c1-25(2)17-14(19)9-21-18(22-17)28-7-4-5-13(10-28)16-24-23-15(26(16)3)11-27-8-6-20-12-27/h6,8-9,12-13H,4-5,7,10-11H2,1-3H3/t13-/m1/s1. The van der Waals surface area contributed by atoms with Gasteiger partial charge in [0.05, 0.1) is 19.1 Å². The van der Waals surface area contributed by atoms with Crippen molar-refractivity contribution >= 4 is 11.8 Å². The fraction of sp³-hybridized carbons (Fsp3) is 0.500. The molecule has 1 fully saturated rings. The van der Waals surface area contributed by atoms with E-state index in [0.717, 1.165) is 37.6 Å². The number of hydrogen-bond acceptors (Lipinski definition) is 7. The van der Waals surface area contributed by atoms with Gasteiger partial charge in [-0.25, -0.2) is 14.4 Å². The van der Waals surface area contributed by atoms with Gasteiger partial charge in [0.25, 0.3) is 0 Å². The largest absolute Gasteiger partial charge is 0.360 e. The highest BCUT2D eigenvalue weighted by atomic mass is 19.1. The number of anilines is 2. The average molecular weight is 385 g/mol. The van der Waals surface area contributed by atoms with Crippen molar-refractivity contribution < 1.29 is 4.39 Å². The first-order chi connectivity index (χ1) is 13.5. The van der Waals surface area contributed by atoms with Crippen LogP contribution in [0.2, 0.25) is 0 Å². The van der Waals surface area contributed by atoms with Crippen LogP contribution in [0.3, 0.4) is 0 Å². The third-order valence-electron chi connectivity index (χ3n) is 5.09. The molecule has 4 rings (SSSR count). The van der Waals surface area contributed by atoms with Crippen molar-refractivity contribution in [1.29, 1.82) is 0 Å². The molecule has 148 valence electrons. The molecule has 0 N–H and O–H groups in total. The molecule has 0 bridgehead atoms. The van der Waals surface area contributed by atoms with E-state index in [1.165, 1.54) is 6.20 Å². The Labute approximate surface area is 162 Å². The summed E-state index contributed by atoms with van der Waals surface area (Å²) in [5.74, 6) is 2.50. The van der Waals surface area contributed by atoms with Gasteiger partial charge in [-0.3, -0.25) is 0 Å². The van der Waals surface area contributed by atoms with Crippen LogP contribution in [0.5, 0.6) is 0 Å². The van der Waals surface area contributed by atoms with Gasteiger partial charge in [0, 0.05) is 52.5 Å². The Hall–Kier alpha value is -3.04. The monoisotopic (exact) mass is 385 g/mol. The Balaban J connectivity index is 1.53. The van der Waals surface area contributed by atoms with Gasteiger partial charge in [0.1, 0.15) is 5.82 Å². The maximum Gasteiger partial charge on any atom is 0.227 e. The highest BCUT2D eigenvalue weighted by molar-refractivity contribution is 5.44. The van der Waals surface area contributed by atoms with Crippen LogP contribution in [-0.2, 0) is 13.6 Å². The Morgan fingerprint density at radius 2 is 2.14 bits per heavy atom. The molecule has 10 heteroatoms. The summed E-state index contributed by atoms with van der Waals surface area (Å²) < 4.78 is 18.0. The van der Waals surface area contributed by atoms with Crippen LogP contribution >= 0.6 is 0 Å². The summed E-state index contributed by atoms with van der Waals surface area (Å²) in [7, 11) is 5.55. The fourth-order valence-corrected chi connectivity index (χ4v) is 3.60. The van der Waals surface area contributed by atoms with Crippen molar-refractivity contribution in [2.24, 2.45) is 7.05 Å². The molecule has 0 aromatic carbocycles. The second-order valence-corrected chi connectivity index (χ2v) is 7.29. The van der Waals surface area contributed by atoms with E-state index in [2.05, 4.69) is 34.6 Å². The predicted molar refractivity (Wildman–Crippen MR) is 103 cm³/mol. The molecule has 0 amide bonds. The number of imidazole rings is 1. The van der Waals surface area contributed by atoms with Crippen molar-refractivity contribution in [1.82, 2.24) is 34.3 Å². The van der Waals surface area contributed by atoms with Crippen molar-refractivity contribution in [3.63, 3.8) is 0 Å². The molecule has 0 radical (unpaired) electrons. The number of aromatic nitrogens is 7. The summed E-state index contributed by atoms with van der Waals surface area (Å²) in [6.45, 7) is 2.21. The summed E-state index contributed by atoms with van der Waals surface area (Å²) >= 11 is 0. The van der Waals surface area contributed by atoms with Crippen molar-refractivity contribution in [2.45, 2.75) is 25.3 Å². The summed E-state index contributed by atoms with van der Waals surface area (Å²) in [5.41, 5.74) is 0. The van der Waals surface area contributed by atoms with E-state index >= 15 is 0 Å². The second kappa shape index (κ2) is 7.53. The third kappa shape index (κ3) is 3.54. The summed E-state index contributed by atoms with van der Waals surface area (Å²) in [5, 5.41) is 8.82. The molecule has 3 aromatic heterocycles. The lowest BCUT2D eigenvalue weighted by Gasteiger charge is -2.32. The zero-order chi connectivity index (χ0) is 19.7.